The van der Waals surface area contributed by atoms with Crippen LogP contribution in [0, 0.1) is 0 Å². The molecule has 0 amide bonds. The van der Waals surface area contributed by atoms with Crippen LogP contribution in [0.5, 0.6) is 0 Å². The van der Waals surface area contributed by atoms with Gasteiger partial charge in [-0.3, -0.25) is 0 Å². The Morgan fingerprint density at radius 3 is 1.93 bits per heavy atom. The largest absolute Gasteiger partial charge is 0.394 e. The first kappa shape index (κ1) is 12.8. The molecule has 90 valence electrons. The molecule has 2 N–H and O–H groups in total. The first-order valence-electron chi connectivity index (χ1n) is 4.72. The van der Waals surface area contributed by atoms with E-state index in [0.717, 1.165) is 0 Å². The third-order valence-corrected chi connectivity index (χ3v) is 2.61. The Morgan fingerprint density at radius 2 is 1.53 bits per heavy atom. The molecule has 6 heteroatoms. The van der Waals surface area contributed by atoms with Gasteiger partial charge in [-0.15, -0.1) is 0 Å². The number of rotatable bonds is 4. The molecule has 1 aliphatic rings. The predicted molar refractivity (Wildman–Crippen MR) is 50.4 cm³/mol. The van der Waals surface area contributed by atoms with Crippen molar-refractivity contribution in [1.82, 2.24) is 0 Å². The van der Waals surface area contributed by atoms with Gasteiger partial charge in [-0.1, -0.05) is 0 Å². The van der Waals surface area contributed by atoms with Gasteiger partial charge in [0.1, 0.15) is 24.4 Å². The molecular weight excluding hydrogens is 204 g/mol. The molecule has 5 atom stereocenters. The summed E-state index contributed by atoms with van der Waals surface area (Å²) < 4.78 is 20.6. The van der Waals surface area contributed by atoms with Crippen LogP contribution in [0.4, 0.5) is 0 Å². The van der Waals surface area contributed by atoms with Crippen LogP contribution in [-0.4, -0.2) is 68.9 Å². The van der Waals surface area contributed by atoms with E-state index in [-0.39, 0.29) is 6.61 Å². The van der Waals surface area contributed by atoms with Gasteiger partial charge in [-0.2, -0.15) is 0 Å². The van der Waals surface area contributed by atoms with Crippen LogP contribution >= 0.6 is 0 Å². The highest BCUT2D eigenvalue weighted by Gasteiger charge is 2.46. The molecule has 0 radical (unpaired) electrons. The van der Waals surface area contributed by atoms with Gasteiger partial charge in [0.05, 0.1) is 6.61 Å². The first-order valence-corrected chi connectivity index (χ1v) is 4.72. The molecule has 0 aromatic carbocycles. The minimum Gasteiger partial charge on any atom is -0.394 e. The Labute approximate surface area is 88.7 Å². The average Bonchev–Trinajstić information content (AvgIpc) is 2.27. The number of methoxy groups -OCH3 is 3. The highest BCUT2D eigenvalue weighted by atomic mass is 16.7. The van der Waals surface area contributed by atoms with Crippen molar-refractivity contribution in [3.05, 3.63) is 0 Å². The summed E-state index contributed by atoms with van der Waals surface area (Å²) in [7, 11) is 4.44. The summed E-state index contributed by atoms with van der Waals surface area (Å²) in [5.74, 6) is 0. The van der Waals surface area contributed by atoms with E-state index in [1.807, 2.05) is 0 Å². The van der Waals surface area contributed by atoms with Crippen molar-refractivity contribution in [2.24, 2.45) is 0 Å². The molecule has 0 aliphatic carbocycles. The Kier molecular flexibility index (Phi) is 4.91. The number of ether oxygens (including phenoxy) is 4. The lowest BCUT2D eigenvalue weighted by Crippen LogP contribution is -2.60. The molecule has 1 aliphatic heterocycles. The lowest BCUT2D eigenvalue weighted by atomic mass is 9.99. The van der Waals surface area contributed by atoms with Crippen molar-refractivity contribution in [2.45, 2.75) is 30.7 Å². The van der Waals surface area contributed by atoms with Gasteiger partial charge in [0.15, 0.2) is 6.29 Å². The van der Waals surface area contributed by atoms with Crippen molar-refractivity contribution in [3.8, 4) is 0 Å². The van der Waals surface area contributed by atoms with Crippen molar-refractivity contribution in [3.63, 3.8) is 0 Å². The molecule has 0 saturated carbocycles. The zero-order valence-corrected chi connectivity index (χ0v) is 9.12. The summed E-state index contributed by atoms with van der Waals surface area (Å²) in [6.07, 6.45) is -3.29. The summed E-state index contributed by atoms with van der Waals surface area (Å²) in [5, 5.41) is 18.7. The second-order valence-corrected chi connectivity index (χ2v) is 3.35. The minimum absolute atomic E-state index is 0.244. The third kappa shape index (κ3) is 2.47. The van der Waals surface area contributed by atoms with Crippen LogP contribution in [0.25, 0.3) is 0 Å². The molecule has 1 saturated heterocycles. The Balaban J connectivity index is 2.80. The fourth-order valence-electron chi connectivity index (χ4n) is 1.85. The highest BCUT2D eigenvalue weighted by molar-refractivity contribution is 4.91. The van der Waals surface area contributed by atoms with Crippen molar-refractivity contribution in [1.29, 1.82) is 0 Å². The van der Waals surface area contributed by atoms with Crippen LogP contribution in [-0.2, 0) is 18.9 Å². The third-order valence-electron chi connectivity index (χ3n) is 2.61. The topological polar surface area (TPSA) is 77.4 Å². The zero-order valence-electron chi connectivity index (χ0n) is 9.12. The van der Waals surface area contributed by atoms with Gasteiger partial charge in [-0.25, -0.2) is 0 Å². The Bertz CT molecular complexity index is 187. The normalized spacial score (nSPS) is 41.8. The van der Waals surface area contributed by atoms with Gasteiger partial charge in [-0.05, 0) is 0 Å². The maximum absolute atomic E-state index is 9.59. The first-order chi connectivity index (χ1) is 7.19. The van der Waals surface area contributed by atoms with Gasteiger partial charge < -0.3 is 29.2 Å². The van der Waals surface area contributed by atoms with Crippen molar-refractivity contribution >= 4 is 0 Å². The van der Waals surface area contributed by atoms with E-state index in [9.17, 15) is 5.11 Å². The van der Waals surface area contributed by atoms with E-state index in [4.69, 9.17) is 24.1 Å². The zero-order chi connectivity index (χ0) is 11.4. The highest BCUT2D eigenvalue weighted by Crippen LogP contribution is 2.25. The van der Waals surface area contributed by atoms with E-state index >= 15 is 0 Å². The van der Waals surface area contributed by atoms with Crippen molar-refractivity contribution in [2.75, 3.05) is 27.9 Å². The number of hydrogen-bond acceptors (Lipinski definition) is 6. The second kappa shape index (κ2) is 5.74. The summed E-state index contributed by atoms with van der Waals surface area (Å²) >= 11 is 0. The van der Waals surface area contributed by atoms with Crippen LogP contribution in [0.3, 0.4) is 0 Å². The lowest BCUT2D eigenvalue weighted by Gasteiger charge is -2.42. The molecular formula is C9H18O6. The molecule has 1 fully saturated rings. The average molecular weight is 222 g/mol. The van der Waals surface area contributed by atoms with Crippen LogP contribution in [0.15, 0.2) is 0 Å². The Hall–Kier alpha value is -0.240. The predicted octanol–water partition coefficient (Wildman–Crippen LogP) is -1.26. The number of aliphatic hydroxyl groups is 2. The maximum Gasteiger partial charge on any atom is 0.184 e. The van der Waals surface area contributed by atoms with Crippen molar-refractivity contribution < 1.29 is 29.2 Å². The SMILES string of the molecule is COC1C(O)OC(CO)[C@@H](OC)C1OC. The van der Waals surface area contributed by atoms with Gasteiger partial charge >= 0.3 is 0 Å². The van der Waals surface area contributed by atoms with E-state index in [0.29, 0.717) is 0 Å². The van der Waals surface area contributed by atoms with Gasteiger partial charge in [0.25, 0.3) is 0 Å². The molecule has 1 rings (SSSR count). The molecule has 0 spiro atoms. The van der Waals surface area contributed by atoms with E-state index < -0.39 is 30.7 Å². The summed E-state index contributed by atoms with van der Waals surface area (Å²) in [6, 6.07) is 0. The molecule has 1 heterocycles. The fourth-order valence-corrected chi connectivity index (χ4v) is 1.85. The number of hydrogen-bond donors (Lipinski definition) is 2. The molecule has 0 bridgehead atoms. The molecule has 0 aromatic rings. The monoisotopic (exact) mass is 222 g/mol. The summed E-state index contributed by atoms with van der Waals surface area (Å²) in [4.78, 5) is 0. The van der Waals surface area contributed by atoms with Gasteiger partial charge in [0, 0.05) is 21.3 Å². The van der Waals surface area contributed by atoms with E-state index in [2.05, 4.69) is 0 Å². The molecule has 15 heavy (non-hydrogen) atoms. The second-order valence-electron chi connectivity index (χ2n) is 3.35. The Morgan fingerprint density at radius 1 is 1.00 bits per heavy atom. The quantitative estimate of drug-likeness (QED) is 0.618. The molecule has 6 nitrogen and oxygen atoms in total. The summed E-state index contributed by atoms with van der Waals surface area (Å²) in [5.41, 5.74) is 0. The fraction of sp³-hybridized carbons (Fsp3) is 1.00. The van der Waals surface area contributed by atoms with Gasteiger partial charge in [0.2, 0.25) is 0 Å². The summed E-state index contributed by atoms with van der Waals surface area (Å²) in [6.45, 7) is -0.244. The maximum atomic E-state index is 9.59. The minimum atomic E-state index is -1.12. The smallest absolute Gasteiger partial charge is 0.184 e. The van der Waals surface area contributed by atoms with Crippen LogP contribution in [0.1, 0.15) is 0 Å². The van der Waals surface area contributed by atoms with Crippen LogP contribution in [0.2, 0.25) is 0 Å². The lowest BCUT2D eigenvalue weighted by molar-refractivity contribution is -0.299. The number of aliphatic hydroxyl groups excluding tert-OH is 2. The molecule has 0 aromatic heterocycles. The van der Waals surface area contributed by atoms with E-state index in [1.54, 1.807) is 0 Å². The molecule has 4 unspecified atom stereocenters. The van der Waals surface area contributed by atoms with E-state index in [1.165, 1.54) is 21.3 Å². The standard InChI is InChI=1S/C9H18O6/c1-12-6-5(4-10)15-9(11)8(14-3)7(6)13-2/h5-11H,4H2,1-3H3/t5?,6-,7?,8?,9?/m1/s1. The van der Waals surface area contributed by atoms with Crippen LogP contribution < -0.4 is 0 Å².